The average molecular weight is 334 g/mol. The van der Waals surface area contributed by atoms with Crippen LogP contribution in [0.3, 0.4) is 0 Å². The van der Waals surface area contributed by atoms with Crippen LogP contribution in [0.5, 0.6) is 0 Å². The molecule has 1 heterocycles. The van der Waals surface area contributed by atoms with E-state index in [0.29, 0.717) is 5.69 Å². The third-order valence-electron chi connectivity index (χ3n) is 4.58. The summed E-state index contributed by atoms with van der Waals surface area (Å²) in [4.78, 5) is 24.5. The summed E-state index contributed by atoms with van der Waals surface area (Å²) in [5, 5.41) is 3.01. The number of benzene rings is 2. The van der Waals surface area contributed by atoms with E-state index in [0.717, 1.165) is 35.1 Å². The molecule has 0 radical (unpaired) electrons. The van der Waals surface area contributed by atoms with E-state index in [-0.39, 0.29) is 6.04 Å². The first kappa shape index (κ1) is 15.4. The molecule has 1 aliphatic carbocycles. The molecule has 1 atom stereocenters. The highest BCUT2D eigenvalue weighted by Gasteiger charge is 2.24. The van der Waals surface area contributed by atoms with Crippen molar-refractivity contribution in [3.05, 3.63) is 82.2 Å². The van der Waals surface area contributed by atoms with Crippen LogP contribution >= 0.6 is 0 Å². The lowest BCUT2D eigenvalue weighted by Gasteiger charge is -2.26. The van der Waals surface area contributed by atoms with Gasteiger partial charge in [-0.3, -0.25) is 0 Å². The van der Waals surface area contributed by atoms with Crippen LogP contribution in [0.2, 0.25) is 0 Å². The van der Waals surface area contributed by atoms with E-state index >= 15 is 0 Å². The van der Waals surface area contributed by atoms with Gasteiger partial charge in [-0.2, -0.15) is 0 Å². The first-order valence-electron chi connectivity index (χ1n) is 8.40. The number of aryl methyl sites for hydroxylation is 1. The van der Waals surface area contributed by atoms with E-state index in [9.17, 15) is 9.59 Å². The highest BCUT2D eigenvalue weighted by molar-refractivity contribution is 5.81. The van der Waals surface area contributed by atoms with Crippen molar-refractivity contribution in [3.8, 4) is 11.3 Å². The maximum absolute atomic E-state index is 12.7. The van der Waals surface area contributed by atoms with Gasteiger partial charge in [0.15, 0.2) is 0 Å². The molecule has 0 saturated carbocycles. The molecule has 1 unspecified atom stereocenters. The fourth-order valence-electron chi connectivity index (χ4n) is 3.41. The van der Waals surface area contributed by atoms with E-state index in [1.54, 1.807) is 0 Å². The number of hydrogen-bond acceptors (Lipinski definition) is 3. The Morgan fingerprint density at radius 1 is 1.08 bits per heavy atom. The van der Waals surface area contributed by atoms with Crippen molar-refractivity contribution < 1.29 is 9.32 Å². The molecule has 0 bridgehead atoms. The summed E-state index contributed by atoms with van der Waals surface area (Å²) in [5.41, 5.74) is 3.06. The van der Waals surface area contributed by atoms with E-state index in [1.807, 2.05) is 48.5 Å². The second-order valence-electron chi connectivity index (χ2n) is 6.19. The van der Waals surface area contributed by atoms with Crippen molar-refractivity contribution in [1.29, 1.82) is 0 Å². The first-order chi connectivity index (χ1) is 12.2. The number of aromatic nitrogens is 1. The van der Waals surface area contributed by atoms with Gasteiger partial charge in [-0.25, -0.2) is 9.59 Å². The minimum atomic E-state index is -0.543. The Kier molecular flexibility index (Phi) is 3.98. The van der Waals surface area contributed by atoms with Crippen molar-refractivity contribution in [3.63, 3.8) is 0 Å². The molecule has 1 amide bonds. The van der Waals surface area contributed by atoms with Crippen LogP contribution in [0.4, 0.5) is 4.79 Å². The van der Waals surface area contributed by atoms with Gasteiger partial charge in [0.2, 0.25) is 0 Å². The van der Waals surface area contributed by atoms with Crippen molar-refractivity contribution in [2.75, 3.05) is 0 Å². The number of hydrogen-bond donors (Lipinski definition) is 1. The van der Waals surface area contributed by atoms with Gasteiger partial charge in [0.25, 0.3) is 0 Å². The van der Waals surface area contributed by atoms with E-state index in [4.69, 9.17) is 4.52 Å². The highest BCUT2D eigenvalue weighted by atomic mass is 16.5. The summed E-state index contributed by atoms with van der Waals surface area (Å²) in [5.74, 6) is 0. The van der Waals surface area contributed by atoms with Crippen molar-refractivity contribution in [1.82, 2.24) is 10.1 Å². The van der Waals surface area contributed by atoms with Crippen LogP contribution in [0.15, 0.2) is 70.0 Å². The average Bonchev–Trinajstić information content (AvgIpc) is 3.05. The van der Waals surface area contributed by atoms with E-state index < -0.39 is 11.7 Å². The molecule has 1 aliphatic rings. The topological polar surface area (TPSA) is 64.2 Å². The molecule has 1 aromatic heterocycles. The Labute approximate surface area is 144 Å². The molecule has 0 saturated heterocycles. The lowest BCUT2D eigenvalue weighted by atomic mass is 9.88. The van der Waals surface area contributed by atoms with Gasteiger partial charge in [0, 0.05) is 5.56 Å². The maximum Gasteiger partial charge on any atom is 0.358 e. The van der Waals surface area contributed by atoms with Crippen LogP contribution in [0.25, 0.3) is 11.3 Å². The Hall–Kier alpha value is -3.08. The predicted octanol–water partition coefficient (Wildman–Crippen LogP) is 3.74. The van der Waals surface area contributed by atoms with Crippen molar-refractivity contribution >= 4 is 6.03 Å². The number of fused-ring (bicyclic) bond motifs is 1. The zero-order chi connectivity index (χ0) is 17.2. The molecule has 0 fully saturated rings. The zero-order valence-corrected chi connectivity index (χ0v) is 13.6. The molecule has 5 heteroatoms. The summed E-state index contributed by atoms with van der Waals surface area (Å²) in [6, 6.07) is 18.2. The normalized spacial score (nSPS) is 16.2. The van der Waals surface area contributed by atoms with Crippen LogP contribution < -0.4 is 10.9 Å². The number of carbonyl (C=O) groups excluding carboxylic acids is 1. The number of carbonyl (C=O) groups is 1. The van der Waals surface area contributed by atoms with Crippen LogP contribution in [0, 0.1) is 0 Å². The number of nitrogens with one attached hydrogen (secondary N) is 1. The minimum Gasteiger partial charge on any atom is -0.328 e. The number of nitrogens with zero attached hydrogens (tertiary/aromatic N) is 1. The maximum atomic E-state index is 12.7. The third kappa shape index (κ3) is 3.01. The van der Waals surface area contributed by atoms with Gasteiger partial charge < -0.3 is 9.84 Å². The molecular formula is C20H18N2O3. The largest absolute Gasteiger partial charge is 0.358 e. The van der Waals surface area contributed by atoms with Crippen LogP contribution in [-0.2, 0) is 6.42 Å². The van der Waals surface area contributed by atoms with Gasteiger partial charge >= 0.3 is 11.7 Å². The zero-order valence-electron chi connectivity index (χ0n) is 13.6. The standard InChI is InChI=1S/C20H18N2O3/c23-19-13-18(15-8-2-1-3-9-15)22(25-19)20(24)21-17-12-6-10-14-7-4-5-11-16(14)17/h1-5,7-9,11,13,17H,6,10,12H2,(H,21,24). The van der Waals surface area contributed by atoms with E-state index in [1.165, 1.54) is 11.6 Å². The molecule has 1 N–H and O–H groups in total. The second-order valence-corrected chi connectivity index (χ2v) is 6.19. The second kappa shape index (κ2) is 6.43. The molecular weight excluding hydrogens is 316 g/mol. The monoisotopic (exact) mass is 334 g/mol. The van der Waals surface area contributed by atoms with E-state index in [2.05, 4.69) is 11.4 Å². The summed E-state index contributed by atoms with van der Waals surface area (Å²) < 4.78 is 6.16. The van der Waals surface area contributed by atoms with Crippen LogP contribution in [-0.4, -0.2) is 10.8 Å². The summed E-state index contributed by atoms with van der Waals surface area (Å²) in [7, 11) is 0. The highest BCUT2D eigenvalue weighted by Crippen LogP contribution is 2.29. The fraction of sp³-hybridized carbons (Fsp3) is 0.200. The Morgan fingerprint density at radius 3 is 2.68 bits per heavy atom. The fourth-order valence-corrected chi connectivity index (χ4v) is 3.41. The Balaban J connectivity index is 1.64. The van der Waals surface area contributed by atoms with Gasteiger partial charge in [0.1, 0.15) is 5.69 Å². The molecule has 2 aromatic carbocycles. The minimum absolute atomic E-state index is 0.0752. The Morgan fingerprint density at radius 2 is 1.84 bits per heavy atom. The summed E-state index contributed by atoms with van der Waals surface area (Å²) >= 11 is 0. The van der Waals surface area contributed by atoms with Crippen molar-refractivity contribution in [2.45, 2.75) is 25.3 Å². The van der Waals surface area contributed by atoms with Crippen LogP contribution in [0.1, 0.15) is 30.0 Å². The number of rotatable bonds is 2. The quantitative estimate of drug-likeness (QED) is 0.776. The van der Waals surface area contributed by atoms with Crippen molar-refractivity contribution in [2.24, 2.45) is 0 Å². The molecule has 3 aromatic rings. The van der Waals surface area contributed by atoms with Gasteiger partial charge in [-0.1, -0.05) is 54.6 Å². The summed E-state index contributed by atoms with van der Waals surface area (Å²) in [6.07, 6.45) is 2.91. The predicted molar refractivity (Wildman–Crippen MR) is 94.5 cm³/mol. The molecule has 4 rings (SSSR count). The molecule has 5 nitrogen and oxygen atoms in total. The molecule has 0 aliphatic heterocycles. The smallest absolute Gasteiger partial charge is 0.328 e. The Bertz CT molecular complexity index is 956. The lowest BCUT2D eigenvalue weighted by molar-refractivity contribution is 0.203. The van der Waals surface area contributed by atoms with Gasteiger partial charge in [-0.15, -0.1) is 4.74 Å². The molecule has 0 spiro atoms. The van der Waals surface area contributed by atoms with Gasteiger partial charge in [0.05, 0.1) is 12.1 Å². The summed E-state index contributed by atoms with van der Waals surface area (Å²) in [6.45, 7) is 0. The SMILES string of the molecule is O=C(NC1CCCc2ccccc21)n1oc(=O)cc1-c1ccccc1. The number of amides is 1. The van der Waals surface area contributed by atoms with Gasteiger partial charge in [-0.05, 0) is 30.4 Å². The lowest BCUT2D eigenvalue weighted by Crippen LogP contribution is -2.34. The molecule has 25 heavy (non-hydrogen) atoms. The molecule has 126 valence electrons. The first-order valence-corrected chi connectivity index (χ1v) is 8.40. The third-order valence-corrected chi connectivity index (χ3v) is 4.58.